The first-order valence-corrected chi connectivity index (χ1v) is 8.43. The number of aryl methyl sites for hydroxylation is 1. The summed E-state index contributed by atoms with van der Waals surface area (Å²) in [5.41, 5.74) is 1.28. The van der Waals surface area contributed by atoms with Crippen molar-refractivity contribution in [1.82, 2.24) is 15.1 Å². The van der Waals surface area contributed by atoms with Crippen molar-refractivity contribution in [2.24, 2.45) is 0 Å². The summed E-state index contributed by atoms with van der Waals surface area (Å²) < 4.78 is 6.02. The number of likely N-dealkylation sites (N-methyl/N-ethyl adjacent to an activating group) is 1. The molecule has 1 N–H and O–H groups in total. The lowest BCUT2D eigenvalue weighted by Crippen LogP contribution is -2.31. The number of nitrogens with zero attached hydrogens (tertiary/aromatic N) is 2. The Morgan fingerprint density at radius 2 is 2.10 bits per heavy atom. The van der Waals surface area contributed by atoms with E-state index in [1.807, 2.05) is 0 Å². The average Bonchev–Trinajstić information content (AvgIpc) is 3.01. The van der Waals surface area contributed by atoms with Gasteiger partial charge in [0.25, 0.3) is 0 Å². The molecule has 21 heavy (non-hydrogen) atoms. The van der Waals surface area contributed by atoms with E-state index in [-0.39, 0.29) is 0 Å². The third kappa shape index (κ3) is 4.56. The fraction of sp³-hybridized carbons (Fsp3) is 0.765. The van der Waals surface area contributed by atoms with Crippen LogP contribution < -0.4 is 5.32 Å². The summed E-state index contributed by atoms with van der Waals surface area (Å²) in [6.07, 6.45) is 5.40. The van der Waals surface area contributed by atoms with Crippen molar-refractivity contribution in [3.05, 3.63) is 23.2 Å². The highest BCUT2D eigenvalue weighted by Gasteiger charge is 2.21. The zero-order valence-corrected chi connectivity index (χ0v) is 13.5. The van der Waals surface area contributed by atoms with E-state index in [0.29, 0.717) is 0 Å². The molecule has 2 fully saturated rings. The molecule has 0 unspecified atom stereocenters. The molecular formula is C17H29N3O. The van der Waals surface area contributed by atoms with E-state index in [1.54, 1.807) is 0 Å². The molecule has 1 aromatic heterocycles. The van der Waals surface area contributed by atoms with Crippen molar-refractivity contribution in [2.75, 3.05) is 33.2 Å². The summed E-state index contributed by atoms with van der Waals surface area (Å²) in [4.78, 5) is 4.93. The Balaban J connectivity index is 1.43. The average molecular weight is 291 g/mol. The normalized spacial score (nSPS) is 19.8. The SMILES string of the molecule is Cc1cc(CN(C)CCN2CCCC2)oc1CNC1CC1. The molecule has 2 heterocycles. The van der Waals surface area contributed by atoms with Crippen molar-refractivity contribution in [3.63, 3.8) is 0 Å². The van der Waals surface area contributed by atoms with Gasteiger partial charge >= 0.3 is 0 Å². The number of nitrogens with one attached hydrogen (secondary N) is 1. The Bertz CT molecular complexity index is 447. The molecule has 0 bridgehead atoms. The molecular weight excluding hydrogens is 262 g/mol. The van der Waals surface area contributed by atoms with E-state index in [2.05, 4.69) is 35.2 Å². The number of hydrogen-bond acceptors (Lipinski definition) is 4. The molecule has 1 aliphatic carbocycles. The second kappa shape index (κ2) is 6.95. The van der Waals surface area contributed by atoms with Gasteiger partial charge in [0.2, 0.25) is 0 Å². The first-order valence-electron chi connectivity index (χ1n) is 8.43. The Hall–Kier alpha value is -0.840. The summed E-state index contributed by atoms with van der Waals surface area (Å²) in [5.74, 6) is 2.22. The van der Waals surface area contributed by atoms with Gasteiger partial charge < -0.3 is 14.6 Å². The molecule has 1 aromatic rings. The van der Waals surface area contributed by atoms with Crippen LogP contribution in [0.3, 0.4) is 0 Å². The smallest absolute Gasteiger partial charge is 0.120 e. The Morgan fingerprint density at radius 1 is 1.33 bits per heavy atom. The van der Waals surface area contributed by atoms with E-state index in [0.717, 1.165) is 37.2 Å². The first-order chi connectivity index (χ1) is 10.2. The van der Waals surface area contributed by atoms with Gasteiger partial charge in [0.1, 0.15) is 11.5 Å². The number of hydrogen-bond donors (Lipinski definition) is 1. The molecule has 0 aromatic carbocycles. The maximum Gasteiger partial charge on any atom is 0.120 e. The van der Waals surface area contributed by atoms with Crippen LogP contribution in [0.15, 0.2) is 10.5 Å². The molecule has 1 saturated heterocycles. The second-order valence-corrected chi connectivity index (χ2v) is 6.76. The quantitative estimate of drug-likeness (QED) is 0.797. The van der Waals surface area contributed by atoms with E-state index in [9.17, 15) is 0 Å². The summed E-state index contributed by atoms with van der Waals surface area (Å²) in [6, 6.07) is 2.94. The number of rotatable bonds is 8. The minimum absolute atomic E-state index is 0.737. The van der Waals surface area contributed by atoms with Gasteiger partial charge in [0.05, 0.1) is 13.1 Å². The van der Waals surface area contributed by atoms with Crippen LogP contribution in [0.25, 0.3) is 0 Å². The predicted molar refractivity (Wildman–Crippen MR) is 85.3 cm³/mol. The summed E-state index contributed by atoms with van der Waals surface area (Å²) >= 11 is 0. The monoisotopic (exact) mass is 291 g/mol. The molecule has 0 atom stereocenters. The lowest BCUT2D eigenvalue weighted by Gasteiger charge is -2.20. The van der Waals surface area contributed by atoms with E-state index >= 15 is 0 Å². The molecule has 2 aliphatic rings. The summed E-state index contributed by atoms with van der Waals surface area (Å²) in [6.45, 7) is 8.82. The molecule has 1 aliphatic heterocycles. The van der Waals surface area contributed by atoms with Gasteiger partial charge in [-0.2, -0.15) is 0 Å². The minimum atomic E-state index is 0.737. The number of furan rings is 1. The first kappa shape index (κ1) is 15.1. The van der Waals surface area contributed by atoms with Gasteiger partial charge in [-0.05, 0) is 64.4 Å². The fourth-order valence-corrected chi connectivity index (χ4v) is 3.03. The van der Waals surface area contributed by atoms with Gasteiger partial charge in [-0.1, -0.05) is 0 Å². The number of likely N-dealkylation sites (tertiary alicyclic amines) is 1. The second-order valence-electron chi connectivity index (χ2n) is 6.76. The zero-order valence-electron chi connectivity index (χ0n) is 13.5. The Labute approximate surface area is 128 Å². The van der Waals surface area contributed by atoms with Crippen LogP contribution in [0.2, 0.25) is 0 Å². The van der Waals surface area contributed by atoms with Crippen LogP contribution >= 0.6 is 0 Å². The van der Waals surface area contributed by atoms with Crippen molar-refractivity contribution in [2.45, 2.75) is 51.7 Å². The van der Waals surface area contributed by atoms with Crippen LogP contribution in [0.1, 0.15) is 42.8 Å². The van der Waals surface area contributed by atoms with Crippen LogP contribution in [-0.2, 0) is 13.1 Å². The Morgan fingerprint density at radius 3 is 2.81 bits per heavy atom. The molecule has 1 saturated carbocycles. The molecule has 3 rings (SSSR count). The molecule has 0 spiro atoms. The van der Waals surface area contributed by atoms with Gasteiger partial charge in [-0.15, -0.1) is 0 Å². The highest BCUT2D eigenvalue weighted by Crippen LogP contribution is 2.21. The van der Waals surface area contributed by atoms with Crippen molar-refractivity contribution in [1.29, 1.82) is 0 Å². The minimum Gasteiger partial charge on any atom is -0.463 e. The Kier molecular flexibility index (Phi) is 4.99. The van der Waals surface area contributed by atoms with Gasteiger partial charge in [0, 0.05) is 19.1 Å². The van der Waals surface area contributed by atoms with Crippen molar-refractivity contribution in [3.8, 4) is 0 Å². The third-order valence-electron chi connectivity index (χ3n) is 4.62. The molecule has 4 heteroatoms. The molecule has 0 amide bonds. The van der Waals surface area contributed by atoms with E-state index in [1.165, 1.54) is 50.9 Å². The molecule has 4 nitrogen and oxygen atoms in total. The van der Waals surface area contributed by atoms with Crippen molar-refractivity contribution >= 4 is 0 Å². The lowest BCUT2D eigenvalue weighted by molar-refractivity contribution is 0.237. The molecule has 118 valence electrons. The molecule has 0 radical (unpaired) electrons. The lowest BCUT2D eigenvalue weighted by atomic mass is 10.2. The maximum atomic E-state index is 6.02. The van der Waals surface area contributed by atoms with E-state index in [4.69, 9.17) is 4.42 Å². The third-order valence-corrected chi connectivity index (χ3v) is 4.62. The zero-order chi connectivity index (χ0) is 14.7. The van der Waals surface area contributed by atoms with Gasteiger partial charge in [-0.3, -0.25) is 4.90 Å². The van der Waals surface area contributed by atoms with Crippen molar-refractivity contribution < 1.29 is 4.42 Å². The largest absolute Gasteiger partial charge is 0.463 e. The summed E-state index contributed by atoms with van der Waals surface area (Å²) in [5, 5.41) is 3.53. The van der Waals surface area contributed by atoms with Crippen LogP contribution in [0, 0.1) is 6.92 Å². The fourth-order valence-electron chi connectivity index (χ4n) is 3.03. The van der Waals surface area contributed by atoms with Crippen LogP contribution in [-0.4, -0.2) is 49.1 Å². The van der Waals surface area contributed by atoms with E-state index < -0.39 is 0 Å². The standard InChI is InChI=1S/C17H29N3O/c1-14-11-16(21-17(14)12-18-15-5-6-15)13-19(2)9-10-20-7-3-4-8-20/h11,15,18H,3-10,12-13H2,1-2H3. The van der Waals surface area contributed by atoms with Gasteiger partial charge in [-0.25, -0.2) is 0 Å². The highest BCUT2D eigenvalue weighted by molar-refractivity contribution is 5.20. The maximum absolute atomic E-state index is 6.02. The predicted octanol–water partition coefficient (Wildman–Crippen LogP) is 2.37. The summed E-state index contributed by atoms with van der Waals surface area (Å²) in [7, 11) is 2.19. The topological polar surface area (TPSA) is 31.6 Å². The van der Waals surface area contributed by atoms with Crippen LogP contribution in [0.5, 0.6) is 0 Å². The van der Waals surface area contributed by atoms with Gasteiger partial charge in [0.15, 0.2) is 0 Å². The van der Waals surface area contributed by atoms with Crippen LogP contribution in [0.4, 0.5) is 0 Å². The highest BCUT2D eigenvalue weighted by atomic mass is 16.3.